The summed E-state index contributed by atoms with van der Waals surface area (Å²) in [6, 6.07) is 14.2. The van der Waals surface area contributed by atoms with Gasteiger partial charge in [0, 0.05) is 5.39 Å². The van der Waals surface area contributed by atoms with Gasteiger partial charge in [0.2, 0.25) is 11.7 Å². The van der Waals surface area contributed by atoms with Crippen molar-refractivity contribution in [2.75, 3.05) is 11.1 Å². The molecule has 0 spiro atoms. The van der Waals surface area contributed by atoms with E-state index in [1.165, 1.54) is 6.07 Å². The Morgan fingerprint density at radius 2 is 1.73 bits per heavy atom. The Morgan fingerprint density at radius 3 is 2.42 bits per heavy atom. The first-order valence-corrected chi connectivity index (χ1v) is 11.0. The number of carbonyl (C=O) groups excluding carboxylic acids is 1. The summed E-state index contributed by atoms with van der Waals surface area (Å²) in [5.74, 6) is -1.71. The number of fused-ring (bicyclic) bond motifs is 1. The Kier molecular flexibility index (Phi) is 6.11. The third-order valence-electron chi connectivity index (χ3n) is 5.00. The first-order valence-electron chi connectivity index (χ1n) is 10.0. The van der Waals surface area contributed by atoms with Crippen molar-refractivity contribution in [2.45, 2.75) is 32.0 Å². The van der Waals surface area contributed by atoms with E-state index in [2.05, 4.69) is 20.4 Å². The van der Waals surface area contributed by atoms with Crippen molar-refractivity contribution >= 4 is 34.3 Å². The standard InChI is InChI=1S/C23H20F3N5OS/c1-13-8-10-16(11-9-13)31-15(3)20(14(2)30-31)28-19(32)12-33-21-17-6-4-5-7-18(17)27-22(29-21)23(24,25)26/h4-11H,12H2,1-3H3,(H,28,32). The van der Waals surface area contributed by atoms with Gasteiger partial charge in [-0.1, -0.05) is 47.7 Å². The number of aromatic nitrogens is 4. The number of alkyl halides is 3. The molecule has 6 nitrogen and oxygen atoms in total. The zero-order valence-corrected chi connectivity index (χ0v) is 18.9. The number of halogens is 3. The summed E-state index contributed by atoms with van der Waals surface area (Å²) in [5.41, 5.74) is 4.12. The smallest absolute Gasteiger partial charge is 0.322 e. The summed E-state index contributed by atoms with van der Waals surface area (Å²) >= 11 is 0.934. The summed E-state index contributed by atoms with van der Waals surface area (Å²) in [6.45, 7) is 5.62. The van der Waals surface area contributed by atoms with Crippen LogP contribution in [0.15, 0.2) is 53.6 Å². The number of benzene rings is 2. The zero-order chi connectivity index (χ0) is 23.8. The van der Waals surface area contributed by atoms with Crippen LogP contribution in [-0.4, -0.2) is 31.4 Å². The predicted molar refractivity (Wildman–Crippen MR) is 122 cm³/mol. The SMILES string of the molecule is Cc1ccc(-n2nc(C)c(NC(=O)CSc3nc(C(F)(F)F)nc4ccccc34)c2C)cc1. The molecule has 2 aromatic heterocycles. The van der Waals surface area contributed by atoms with Crippen LogP contribution in [0.3, 0.4) is 0 Å². The van der Waals surface area contributed by atoms with E-state index in [0.29, 0.717) is 16.8 Å². The molecule has 0 aliphatic heterocycles. The maximum atomic E-state index is 13.2. The number of nitrogens with zero attached hydrogens (tertiary/aromatic N) is 4. The fourth-order valence-electron chi connectivity index (χ4n) is 3.35. The van der Waals surface area contributed by atoms with Gasteiger partial charge in [0.15, 0.2) is 0 Å². The molecular weight excluding hydrogens is 451 g/mol. The van der Waals surface area contributed by atoms with E-state index < -0.39 is 12.0 Å². The molecular formula is C23H20F3N5OS. The highest BCUT2D eigenvalue weighted by atomic mass is 32.2. The monoisotopic (exact) mass is 471 g/mol. The van der Waals surface area contributed by atoms with Crippen LogP contribution in [0.4, 0.5) is 18.9 Å². The van der Waals surface area contributed by atoms with Crippen LogP contribution >= 0.6 is 11.8 Å². The van der Waals surface area contributed by atoms with Crippen LogP contribution in [0.25, 0.3) is 16.6 Å². The van der Waals surface area contributed by atoms with Crippen molar-refractivity contribution in [1.82, 2.24) is 19.7 Å². The van der Waals surface area contributed by atoms with Crippen LogP contribution in [-0.2, 0) is 11.0 Å². The number of rotatable bonds is 5. The van der Waals surface area contributed by atoms with Gasteiger partial charge in [0.25, 0.3) is 0 Å². The van der Waals surface area contributed by atoms with Crippen LogP contribution in [0, 0.1) is 20.8 Å². The zero-order valence-electron chi connectivity index (χ0n) is 18.1. The molecule has 33 heavy (non-hydrogen) atoms. The maximum Gasteiger partial charge on any atom is 0.451 e. The molecule has 0 aliphatic carbocycles. The summed E-state index contributed by atoms with van der Waals surface area (Å²) in [6.07, 6.45) is -4.68. The number of anilines is 1. The molecule has 4 rings (SSSR count). The number of nitrogens with one attached hydrogen (secondary N) is 1. The molecule has 0 atom stereocenters. The number of hydrogen-bond donors (Lipinski definition) is 1. The fourth-order valence-corrected chi connectivity index (χ4v) is 4.17. The quantitative estimate of drug-likeness (QED) is 0.308. The van der Waals surface area contributed by atoms with Gasteiger partial charge in [-0.15, -0.1) is 0 Å². The van der Waals surface area contributed by atoms with E-state index in [0.717, 1.165) is 28.7 Å². The van der Waals surface area contributed by atoms with Crippen LogP contribution in [0.1, 0.15) is 22.8 Å². The van der Waals surface area contributed by atoms with Crippen molar-refractivity contribution in [3.05, 3.63) is 71.3 Å². The molecule has 0 bridgehead atoms. The predicted octanol–water partition coefficient (Wildman–Crippen LogP) is 5.49. The number of aryl methyl sites for hydroxylation is 2. The van der Waals surface area contributed by atoms with Crippen molar-refractivity contribution < 1.29 is 18.0 Å². The minimum atomic E-state index is -4.68. The van der Waals surface area contributed by atoms with Gasteiger partial charge in [0.1, 0.15) is 5.03 Å². The number of thioether (sulfide) groups is 1. The van der Waals surface area contributed by atoms with Gasteiger partial charge in [-0.25, -0.2) is 14.6 Å². The number of hydrogen-bond acceptors (Lipinski definition) is 5. The molecule has 170 valence electrons. The summed E-state index contributed by atoms with van der Waals surface area (Å²) in [5, 5.41) is 7.91. The second kappa shape index (κ2) is 8.86. The van der Waals surface area contributed by atoms with E-state index in [9.17, 15) is 18.0 Å². The molecule has 0 saturated heterocycles. The average Bonchev–Trinajstić information content (AvgIpc) is 3.05. The highest BCUT2D eigenvalue weighted by Crippen LogP contribution is 2.32. The molecule has 2 heterocycles. The van der Waals surface area contributed by atoms with E-state index in [4.69, 9.17) is 0 Å². The van der Waals surface area contributed by atoms with Crippen LogP contribution < -0.4 is 5.32 Å². The second-order valence-corrected chi connectivity index (χ2v) is 8.46. The topological polar surface area (TPSA) is 72.7 Å². The summed E-state index contributed by atoms with van der Waals surface area (Å²) in [4.78, 5) is 19.9. The highest BCUT2D eigenvalue weighted by Gasteiger charge is 2.35. The lowest BCUT2D eigenvalue weighted by molar-refractivity contribution is -0.145. The van der Waals surface area contributed by atoms with Gasteiger partial charge in [-0.3, -0.25) is 4.79 Å². The molecule has 1 N–H and O–H groups in total. The molecule has 10 heteroatoms. The van der Waals surface area contributed by atoms with E-state index in [-0.39, 0.29) is 22.2 Å². The maximum absolute atomic E-state index is 13.2. The minimum Gasteiger partial charge on any atom is -0.322 e. The largest absolute Gasteiger partial charge is 0.451 e. The van der Waals surface area contributed by atoms with Crippen molar-refractivity contribution in [2.24, 2.45) is 0 Å². The fraction of sp³-hybridized carbons (Fsp3) is 0.217. The molecule has 0 unspecified atom stereocenters. The van der Waals surface area contributed by atoms with Gasteiger partial charge in [0.05, 0.1) is 34.0 Å². The third kappa shape index (κ3) is 4.85. The number of amides is 1. The lowest BCUT2D eigenvalue weighted by Gasteiger charge is -2.11. The van der Waals surface area contributed by atoms with Crippen LogP contribution in [0.2, 0.25) is 0 Å². The highest BCUT2D eigenvalue weighted by molar-refractivity contribution is 8.00. The minimum absolute atomic E-state index is 0.104. The Hall–Kier alpha value is -3.40. The molecule has 0 radical (unpaired) electrons. The third-order valence-corrected chi connectivity index (χ3v) is 5.99. The second-order valence-electron chi connectivity index (χ2n) is 7.50. The average molecular weight is 472 g/mol. The molecule has 0 saturated carbocycles. The summed E-state index contributed by atoms with van der Waals surface area (Å²) < 4.78 is 41.4. The van der Waals surface area contributed by atoms with E-state index >= 15 is 0 Å². The van der Waals surface area contributed by atoms with Gasteiger partial charge in [-0.2, -0.15) is 18.3 Å². The molecule has 0 fully saturated rings. The first kappa shape index (κ1) is 22.8. The van der Waals surface area contributed by atoms with Gasteiger partial charge < -0.3 is 5.32 Å². The molecule has 0 aliphatic rings. The van der Waals surface area contributed by atoms with Crippen molar-refractivity contribution in [1.29, 1.82) is 0 Å². The number of carbonyl (C=O) groups is 1. The Balaban J connectivity index is 1.54. The van der Waals surface area contributed by atoms with Crippen molar-refractivity contribution in [3.8, 4) is 5.69 Å². The number of para-hydroxylation sites is 1. The van der Waals surface area contributed by atoms with Gasteiger partial charge >= 0.3 is 6.18 Å². The molecule has 2 aromatic carbocycles. The Bertz CT molecular complexity index is 1330. The Labute approximate surface area is 192 Å². The molecule has 4 aromatic rings. The van der Waals surface area contributed by atoms with Crippen molar-refractivity contribution in [3.63, 3.8) is 0 Å². The van der Waals surface area contributed by atoms with Gasteiger partial charge in [-0.05, 0) is 39.0 Å². The lowest BCUT2D eigenvalue weighted by Crippen LogP contribution is -2.16. The lowest BCUT2D eigenvalue weighted by atomic mass is 10.2. The van der Waals surface area contributed by atoms with Crippen LogP contribution in [0.5, 0.6) is 0 Å². The first-order chi connectivity index (χ1) is 15.6. The normalized spacial score (nSPS) is 11.7. The Morgan fingerprint density at radius 1 is 1.03 bits per heavy atom. The summed E-state index contributed by atoms with van der Waals surface area (Å²) in [7, 11) is 0. The van der Waals surface area contributed by atoms with E-state index in [1.54, 1.807) is 29.8 Å². The van der Waals surface area contributed by atoms with E-state index in [1.807, 2.05) is 38.1 Å². The molecule has 1 amide bonds.